The van der Waals surface area contributed by atoms with Gasteiger partial charge in [-0.2, -0.15) is 0 Å². The Balaban J connectivity index is 2.21. The molecule has 2 unspecified atom stereocenters. The summed E-state index contributed by atoms with van der Waals surface area (Å²) in [7, 11) is -2.86. The van der Waals surface area contributed by atoms with E-state index in [1.165, 1.54) is 19.3 Å². The van der Waals surface area contributed by atoms with Crippen LogP contribution < -0.4 is 5.73 Å². The third-order valence-corrected chi connectivity index (χ3v) is 5.96. The van der Waals surface area contributed by atoms with Crippen LogP contribution in [0.25, 0.3) is 0 Å². The Labute approximate surface area is 98.1 Å². The molecule has 2 aliphatic rings. The molecule has 94 valence electrons. The highest BCUT2D eigenvalue weighted by Crippen LogP contribution is 2.34. The van der Waals surface area contributed by atoms with Crippen LogP contribution in [-0.4, -0.2) is 49.5 Å². The minimum absolute atomic E-state index is 0.265. The van der Waals surface area contributed by atoms with E-state index in [1.807, 2.05) is 0 Å². The van der Waals surface area contributed by atoms with Crippen LogP contribution in [0, 0.1) is 0 Å². The zero-order valence-electron chi connectivity index (χ0n) is 9.98. The Bertz CT molecular complexity index is 355. The fourth-order valence-electron chi connectivity index (χ4n) is 3.21. The molecule has 0 aliphatic carbocycles. The molecular formula is C11H22N2O2S. The van der Waals surface area contributed by atoms with Gasteiger partial charge in [-0.15, -0.1) is 0 Å². The number of sulfone groups is 1. The van der Waals surface area contributed by atoms with Crippen molar-refractivity contribution in [3.63, 3.8) is 0 Å². The largest absolute Gasteiger partial charge is 0.329 e. The van der Waals surface area contributed by atoms with Gasteiger partial charge in [0.05, 0.1) is 11.5 Å². The second kappa shape index (κ2) is 4.27. The van der Waals surface area contributed by atoms with Crippen molar-refractivity contribution in [3.8, 4) is 0 Å². The van der Waals surface area contributed by atoms with E-state index in [1.54, 1.807) is 0 Å². The minimum atomic E-state index is -2.86. The summed E-state index contributed by atoms with van der Waals surface area (Å²) >= 11 is 0. The van der Waals surface area contributed by atoms with Crippen molar-refractivity contribution in [1.29, 1.82) is 0 Å². The van der Waals surface area contributed by atoms with Crippen LogP contribution in [0.5, 0.6) is 0 Å². The van der Waals surface area contributed by atoms with Gasteiger partial charge in [0.1, 0.15) is 0 Å². The SMILES string of the molecule is CC1CCCCN1C1(CN)CCS(=O)(=O)C1. The molecule has 2 aliphatic heterocycles. The number of nitrogens with two attached hydrogens (primary N) is 1. The molecule has 4 nitrogen and oxygen atoms in total. The molecule has 0 amide bonds. The minimum Gasteiger partial charge on any atom is -0.329 e. The van der Waals surface area contributed by atoms with Gasteiger partial charge in [0.2, 0.25) is 0 Å². The number of hydrogen-bond donors (Lipinski definition) is 1. The first-order valence-corrected chi connectivity index (χ1v) is 7.98. The van der Waals surface area contributed by atoms with Crippen molar-refractivity contribution in [2.45, 2.75) is 44.2 Å². The number of likely N-dealkylation sites (tertiary alicyclic amines) is 1. The fraction of sp³-hybridized carbons (Fsp3) is 1.00. The number of piperidine rings is 1. The van der Waals surface area contributed by atoms with Gasteiger partial charge < -0.3 is 5.73 Å². The molecule has 2 rings (SSSR count). The molecule has 0 aromatic heterocycles. The lowest BCUT2D eigenvalue weighted by molar-refractivity contribution is 0.0465. The predicted octanol–water partition coefficient (Wildman–Crippen LogP) is 0.377. The highest BCUT2D eigenvalue weighted by atomic mass is 32.2. The van der Waals surface area contributed by atoms with Crippen molar-refractivity contribution in [1.82, 2.24) is 4.90 Å². The van der Waals surface area contributed by atoms with Crippen molar-refractivity contribution >= 4 is 9.84 Å². The van der Waals surface area contributed by atoms with Crippen LogP contribution in [-0.2, 0) is 9.84 Å². The van der Waals surface area contributed by atoms with Gasteiger partial charge in [0, 0.05) is 18.1 Å². The lowest BCUT2D eigenvalue weighted by atomic mass is 9.90. The predicted molar refractivity (Wildman–Crippen MR) is 65.1 cm³/mol. The van der Waals surface area contributed by atoms with E-state index in [2.05, 4.69) is 11.8 Å². The summed E-state index contributed by atoms with van der Waals surface area (Å²) in [5, 5.41) is 0. The van der Waals surface area contributed by atoms with Gasteiger partial charge in [-0.05, 0) is 32.7 Å². The Morgan fingerprint density at radius 1 is 1.44 bits per heavy atom. The maximum absolute atomic E-state index is 11.7. The zero-order valence-corrected chi connectivity index (χ0v) is 10.8. The molecule has 5 heteroatoms. The van der Waals surface area contributed by atoms with E-state index in [9.17, 15) is 8.42 Å². The molecule has 0 aromatic carbocycles. The second-order valence-corrected chi connectivity index (χ2v) is 7.49. The standard InChI is InChI=1S/C11H22N2O2S/c1-10-4-2-3-6-13(10)11(8-12)5-7-16(14,15)9-11/h10H,2-9,12H2,1H3. The second-order valence-electron chi connectivity index (χ2n) is 5.31. The van der Waals surface area contributed by atoms with Crippen molar-refractivity contribution in [3.05, 3.63) is 0 Å². The fourth-order valence-corrected chi connectivity index (χ4v) is 5.29. The lowest BCUT2D eigenvalue weighted by Crippen LogP contribution is -2.59. The van der Waals surface area contributed by atoms with Gasteiger partial charge in [0.15, 0.2) is 9.84 Å². The van der Waals surface area contributed by atoms with E-state index in [4.69, 9.17) is 5.73 Å². The molecule has 2 atom stereocenters. The smallest absolute Gasteiger partial charge is 0.152 e. The van der Waals surface area contributed by atoms with E-state index in [0.717, 1.165) is 13.0 Å². The molecule has 0 radical (unpaired) electrons. The van der Waals surface area contributed by atoms with Crippen LogP contribution in [0.2, 0.25) is 0 Å². The van der Waals surface area contributed by atoms with Gasteiger partial charge >= 0.3 is 0 Å². The van der Waals surface area contributed by atoms with Crippen LogP contribution in [0.4, 0.5) is 0 Å². The Kier molecular flexibility index (Phi) is 3.29. The van der Waals surface area contributed by atoms with Gasteiger partial charge in [0.25, 0.3) is 0 Å². The number of hydrogen-bond acceptors (Lipinski definition) is 4. The van der Waals surface area contributed by atoms with Crippen molar-refractivity contribution < 1.29 is 8.42 Å². The summed E-state index contributed by atoms with van der Waals surface area (Å²) < 4.78 is 23.3. The summed E-state index contributed by atoms with van der Waals surface area (Å²) in [6.45, 7) is 3.67. The van der Waals surface area contributed by atoms with E-state index in [-0.39, 0.29) is 11.3 Å². The third-order valence-electron chi connectivity index (χ3n) is 4.16. The Hall–Kier alpha value is -0.130. The van der Waals surface area contributed by atoms with E-state index >= 15 is 0 Å². The average Bonchev–Trinajstić information content (AvgIpc) is 2.56. The number of nitrogens with zero attached hydrogens (tertiary/aromatic N) is 1. The molecule has 2 N–H and O–H groups in total. The Morgan fingerprint density at radius 3 is 2.69 bits per heavy atom. The molecule has 0 saturated carbocycles. The summed E-state index contributed by atoms with van der Waals surface area (Å²) in [6, 6.07) is 0.477. The first-order chi connectivity index (χ1) is 7.49. The molecule has 0 bridgehead atoms. The molecule has 2 saturated heterocycles. The van der Waals surface area contributed by atoms with Crippen molar-refractivity contribution in [2.75, 3.05) is 24.6 Å². The summed E-state index contributed by atoms with van der Waals surface area (Å²) in [6.07, 6.45) is 4.31. The first-order valence-electron chi connectivity index (χ1n) is 6.16. The average molecular weight is 246 g/mol. The van der Waals surface area contributed by atoms with Crippen molar-refractivity contribution in [2.24, 2.45) is 5.73 Å². The van der Waals surface area contributed by atoms with Crippen LogP contribution >= 0.6 is 0 Å². The normalized spacial score (nSPS) is 40.0. The molecule has 16 heavy (non-hydrogen) atoms. The molecule has 0 aromatic rings. The summed E-state index contributed by atoms with van der Waals surface area (Å²) in [4.78, 5) is 2.36. The quantitative estimate of drug-likeness (QED) is 0.765. The number of rotatable bonds is 2. The van der Waals surface area contributed by atoms with Crippen LogP contribution in [0.1, 0.15) is 32.6 Å². The maximum Gasteiger partial charge on any atom is 0.152 e. The lowest BCUT2D eigenvalue weighted by Gasteiger charge is -2.46. The van der Waals surface area contributed by atoms with E-state index in [0.29, 0.717) is 18.3 Å². The van der Waals surface area contributed by atoms with Crippen LogP contribution in [0.15, 0.2) is 0 Å². The maximum atomic E-state index is 11.7. The molecule has 2 heterocycles. The summed E-state index contributed by atoms with van der Waals surface area (Å²) in [5.41, 5.74) is 5.61. The van der Waals surface area contributed by atoms with E-state index < -0.39 is 9.84 Å². The molecular weight excluding hydrogens is 224 g/mol. The van der Waals surface area contributed by atoms with Gasteiger partial charge in [-0.3, -0.25) is 4.90 Å². The summed E-state index contributed by atoms with van der Waals surface area (Å²) in [5.74, 6) is 0.578. The monoisotopic (exact) mass is 246 g/mol. The molecule has 2 fully saturated rings. The van der Waals surface area contributed by atoms with Gasteiger partial charge in [-0.25, -0.2) is 8.42 Å². The topological polar surface area (TPSA) is 63.4 Å². The highest BCUT2D eigenvalue weighted by Gasteiger charge is 2.47. The third kappa shape index (κ3) is 2.13. The Morgan fingerprint density at radius 2 is 2.19 bits per heavy atom. The first kappa shape index (κ1) is 12.3. The molecule has 0 spiro atoms. The highest BCUT2D eigenvalue weighted by molar-refractivity contribution is 7.91. The van der Waals surface area contributed by atoms with Gasteiger partial charge in [-0.1, -0.05) is 6.42 Å². The zero-order chi connectivity index (χ0) is 11.8. The van der Waals surface area contributed by atoms with Crippen LogP contribution in [0.3, 0.4) is 0 Å².